The van der Waals surface area contributed by atoms with Crippen molar-refractivity contribution in [2.24, 2.45) is 0 Å². The Balaban J connectivity index is 1.89. The fourth-order valence-electron chi connectivity index (χ4n) is 1.96. The molecule has 80 valence electrons. The molecule has 0 radical (unpaired) electrons. The highest BCUT2D eigenvalue weighted by molar-refractivity contribution is 5.22. The van der Waals surface area contributed by atoms with Gasteiger partial charge in [0.25, 0.3) is 0 Å². The third-order valence-corrected chi connectivity index (χ3v) is 3.23. The van der Waals surface area contributed by atoms with Crippen molar-refractivity contribution >= 4 is 0 Å². The Morgan fingerprint density at radius 2 is 2.36 bits per heavy atom. The zero-order valence-electron chi connectivity index (χ0n) is 9.18. The molecule has 0 amide bonds. The fourth-order valence-corrected chi connectivity index (χ4v) is 1.96. The van der Waals surface area contributed by atoms with Gasteiger partial charge >= 0.3 is 0 Å². The Bertz CT molecular complexity index is 231. The number of hydrogen-bond acceptors (Lipinski definition) is 3. The number of rotatable bonds is 2. The van der Waals surface area contributed by atoms with Gasteiger partial charge in [-0.1, -0.05) is 5.57 Å². The molecule has 2 rings (SSSR count). The number of ether oxygens (including phenoxy) is 1. The number of hydrogen-bond donors (Lipinski definition) is 1. The van der Waals surface area contributed by atoms with Crippen LogP contribution in [0, 0.1) is 0 Å². The minimum absolute atomic E-state index is 0.576. The van der Waals surface area contributed by atoms with E-state index in [1.807, 2.05) is 0 Å². The van der Waals surface area contributed by atoms with E-state index in [-0.39, 0.29) is 0 Å². The van der Waals surface area contributed by atoms with Crippen LogP contribution in [0.5, 0.6) is 0 Å². The molecule has 0 aliphatic carbocycles. The Morgan fingerprint density at radius 3 is 2.93 bits per heavy atom. The quantitative estimate of drug-likeness (QED) is 0.656. The van der Waals surface area contributed by atoms with Crippen LogP contribution in [0.1, 0.15) is 13.8 Å². The molecule has 0 aromatic carbocycles. The first-order valence-corrected chi connectivity index (χ1v) is 5.47. The predicted octanol–water partition coefficient (Wildman–Crippen LogP) is 0.627. The van der Waals surface area contributed by atoms with E-state index in [0.717, 1.165) is 39.4 Å². The molecule has 1 atom stereocenters. The normalized spacial score (nSPS) is 28.7. The van der Waals surface area contributed by atoms with E-state index in [9.17, 15) is 0 Å². The summed E-state index contributed by atoms with van der Waals surface area (Å²) < 4.78 is 5.42. The average Bonchev–Trinajstić information content (AvgIpc) is 2.05. The van der Waals surface area contributed by atoms with Crippen molar-refractivity contribution in [3.63, 3.8) is 0 Å². The molecule has 14 heavy (non-hydrogen) atoms. The fraction of sp³-hybridized carbons (Fsp3) is 0.818. The maximum Gasteiger partial charge on any atom is 0.0619 e. The summed E-state index contributed by atoms with van der Waals surface area (Å²) in [7, 11) is 0. The van der Waals surface area contributed by atoms with E-state index in [4.69, 9.17) is 4.74 Å². The Labute approximate surface area is 86.1 Å². The van der Waals surface area contributed by atoms with Crippen molar-refractivity contribution in [3.05, 3.63) is 11.1 Å². The van der Waals surface area contributed by atoms with E-state index in [1.54, 1.807) is 11.1 Å². The average molecular weight is 196 g/mol. The Kier molecular flexibility index (Phi) is 3.21. The van der Waals surface area contributed by atoms with Crippen molar-refractivity contribution in [1.82, 2.24) is 10.2 Å². The smallest absolute Gasteiger partial charge is 0.0619 e. The van der Waals surface area contributed by atoms with Gasteiger partial charge in [0.2, 0.25) is 0 Å². The first-order valence-electron chi connectivity index (χ1n) is 5.47. The highest BCUT2D eigenvalue weighted by Gasteiger charge is 2.20. The van der Waals surface area contributed by atoms with E-state index in [2.05, 4.69) is 24.1 Å². The summed E-state index contributed by atoms with van der Waals surface area (Å²) in [5.41, 5.74) is 3.15. The van der Waals surface area contributed by atoms with E-state index >= 15 is 0 Å². The van der Waals surface area contributed by atoms with Crippen LogP contribution in [0.3, 0.4) is 0 Å². The SMILES string of the molecule is CC(CN1CCOCC1C)=C1CNC1. The van der Waals surface area contributed by atoms with Gasteiger partial charge in [0, 0.05) is 32.2 Å². The molecule has 3 heteroatoms. The lowest BCUT2D eigenvalue weighted by molar-refractivity contribution is 0.00419. The summed E-state index contributed by atoms with van der Waals surface area (Å²) in [4.78, 5) is 2.52. The van der Waals surface area contributed by atoms with Crippen molar-refractivity contribution < 1.29 is 4.74 Å². The monoisotopic (exact) mass is 196 g/mol. The van der Waals surface area contributed by atoms with Gasteiger partial charge in [0.15, 0.2) is 0 Å². The van der Waals surface area contributed by atoms with Crippen LogP contribution >= 0.6 is 0 Å². The van der Waals surface area contributed by atoms with Crippen LogP contribution in [-0.4, -0.2) is 50.3 Å². The van der Waals surface area contributed by atoms with Crippen LogP contribution in [0.15, 0.2) is 11.1 Å². The Morgan fingerprint density at radius 1 is 1.57 bits per heavy atom. The van der Waals surface area contributed by atoms with Gasteiger partial charge in [-0.3, -0.25) is 4.90 Å². The minimum atomic E-state index is 0.576. The molecule has 0 spiro atoms. The summed E-state index contributed by atoms with van der Waals surface area (Å²) in [6, 6.07) is 0.576. The second-order valence-corrected chi connectivity index (χ2v) is 4.38. The molecule has 1 N–H and O–H groups in total. The van der Waals surface area contributed by atoms with E-state index in [1.165, 1.54) is 0 Å². The molecule has 2 saturated heterocycles. The van der Waals surface area contributed by atoms with Gasteiger partial charge in [-0.05, 0) is 19.4 Å². The van der Waals surface area contributed by atoms with Crippen LogP contribution in [-0.2, 0) is 4.74 Å². The van der Waals surface area contributed by atoms with Gasteiger partial charge in [-0.15, -0.1) is 0 Å². The van der Waals surface area contributed by atoms with Crippen molar-refractivity contribution in [2.75, 3.05) is 39.4 Å². The number of nitrogens with zero attached hydrogens (tertiary/aromatic N) is 1. The first kappa shape index (κ1) is 10.1. The molecule has 1 unspecified atom stereocenters. The van der Waals surface area contributed by atoms with Crippen molar-refractivity contribution in [2.45, 2.75) is 19.9 Å². The summed E-state index contributed by atoms with van der Waals surface area (Å²) >= 11 is 0. The van der Waals surface area contributed by atoms with Gasteiger partial charge in [0.05, 0.1) is 13.2 Å². The maximum atomic E-state index is 5.42. The number of morpholine rings is 1. The van der Waals surface area contributed by atoms with Gasteiger partial charge in [-0.2, -0.15) is 0 Å². The van der Waals surface area contributed by atoms with Gasteiger partial charge in [0.1, 0.15) is 0 Å². The van der Waals surface area contributed by atoms with Crippen molar-refractivity contribution in [1.29, 1.82) is 0 Å². The van der Waals surface area contributed by atoms with Crippen LogP contribution < -0.4 is 5.32 Å². The minimum Gasteiger partial charge on any atom is -0.379 e. The zero-order valence-corrected chi connectivity index (χ0v) is 9.18. The molecule has 2 aliphatic rings. The third-order valence-electron chi connectivity index (χ3n) is 3.23. The standard InChI is InChI=1S/C11H20N2O/c1-9(11-5-12-6-11)7-13-3-4-14-8-10(13)2/h10,12H,3-8H2,1-2H3. The van der Waals surface area contributed by atoms with Gasteiger partial charge < -0.3 is 10.1 Å². The zero-order chi connectivity index (χ0) is 9.97. The molecule has 2 heterocycles. The molecule has 0 saturated carbocycles. The van der Waals surface area contributed by atoms with Crippen LogP contribution in [0.4, 0.5) is 0 Å². The maximum absolute atomic E-state index is 5.42. The molecular formula is C11H20N2O. The number of nitrogens with one attached hydrogen (secondary N) is 1. The lowest BCUT2D eigenvalue weighted by Crippen LogP contribution is -2.45. The molecule has 3 nitrogen and oxygen atoms in total. The molecule has 2 aliphatic heterocycles. The molecular weight excluding hydrogens is 176 g/mol. The molecule has 0 aromatic heterocycles. The van der Waals surface area contributed by atoms with Crippen LogP contribution in [0.25, 0.3) is 0 Å². The summed E-state index contributed by atoms with van der Waals surface area (Å²) in [6.45, 7) is 10.7. The topological polar surface area (TPSA) is 24.5 Å². The first-order chi connectivity index (χ1) is 6.77. The second-order valence-electron chi connectivity index (χ2n) is 4.38. The van der Waals surface area contributed by atoms with Gasteiger partial charge in [-0.25, -0.2) is 0 Å². The van der Waals surface area contributed by atoms with E-state index in [0.29, 0.717) is 6.04 Å². The van der Waals surface area contributed by atoms with Crippen molar-refractivity contribution in [3.8, 4) is 0 Å². The lowest BCUT2D eigenvalue weighted by Gasteiger charge is -2.34. The largest absolute Gasteiger partial charge is 0.379 e. The second kappa shape index (κ2) is 4.43. The molecule has 0 bridgehead atoms. The molecule has 2 fully saturated rings. The van der Waals surface area contributed by atoms with Crippen LogP contribution in [0.2, 0.25) is 0 Å². The highest BCUT2D eigenvalue weighted by atomic mass is 16.5. The predicted molar refractivity (Wildman–Crippen MR) is 57.4 cm³/mol. The summed E-state index contributed by atoms with van der Waals surface area (Å²) in [5.74, 6) is 0. The van der Waals surface area contributed by atoms with E-state index < -0.39 is 0 Å². The highest BCUT2D eigenvalue weighted by Crippen LogP contribution is 2.13. The summed E-state index contributed by atoms with van der Waals surface area (Å²) in [6.07, 6.45) is 0. The lowest BCUT2D eigenvalue weighted by atomic mass is 10.0. The third kappa shape index (κ3) is 2.16. The molecule has 0 aromatic rings. The Hall–Kier alpha value is -0.380. The summed E-state index contributed by atoms with van der Waals surface area (Å²) in [5, 5.41) is 3.29.